The minimum absolute atomic E-state index is 0.406. The molecular weight excluding hydrogens is 262 g/mol. The number of piperidine rings is 1. The fourth-order valence-corrected chi connectivity index (χ4v) is 3.28. The Balaban J connectivity index is 1.89. The second-order valence-electron chi connectivity index (χ2n) is 5.79. The van der Waals surface area contributed by atoms with Crippen LogP contribution < -0.4 is 0 Å². The first-order valence-electron chi connectivity index (χ1n) is 7.69. The van der Waals surface area contributed by atoms with Crippen molar-refractivity contribution in [2.75, 3.05) is 13.1 Å². The lowest BCUT2D eigenvalue weighted by Gasteiger charge is -2.32. The first-order valence-corrected chi connectivity index (χ1v) is 7.69. The van der Waals surface area contributed by atoms with Crippen molar-refractivity contribution >= 4 is 16.7 Å². The van der Waals surface area contributed by atoms with Gasteiger partial charge in [0.25, 0.3) is 0 Å². The highest BCUT2D eigenvalue weighted by Crippen LogP contribution is 2.22. The smallest absolute Gasteiger partial charge is 0.321 e. The third-order valence-electron chi connectivity index (χ3n) is 4.41. The maximum absolute atomic E-state index is 11.7. The molecule has 0 radical (unpaired) electrons. The van der Waals surface area contributed by atoms with Gasteiger partial charge in [-0.25, -0.2) is 0 Å². The van der Waals surface area contributed by atoms with Gasteiger partial charge in [-0.1, -0.05) is 48.9 Å². The summed E-state index contributed by atoms with van der Waals surface area (Å²) in [6.45, 7) is 1.81. The summed E-state index contributed by atoms with van der Waals surface area (Å²) < 4.78 is 0. The van der Waals surface area contributed by atoms with Crippen LogP contribution in [0.2, 0.25) is 0 Å². The molecule has 2 aromatic rings. The Hall–Kier alpha value is -1.87. The summed E-state index contributed by atoms with van der Waals surface area (Å²) in [4.78, 5) is 13.8. The molecule has 1 aliphatic heterocycles. The number of carboxylic acids is 1. The van der Waals surface area contributed by atoms with E-state index in [0.29, 0.717) is 6.42 Å². The highest BCUT2D eigenvalue weighted by molar-refractivity contribution is 5.86. The number of benzene rings is 2. The van der Waals surface area contributed by atoms with Crippen molar-refractivity contribution in [1.29, 1.82) is 0 Å². The van der Waals surface area contributed by atoms with Crippen LogP contribution in [0.5, 0.6) is 0 Å². The van der Waals surface area contributed by atoms with Crippen molar-refractivity contribution in [3.63, 3.8) is 0 Å². The van der Waals surface area contributed by atoms with Gasteiger partial charge in [0.2, 0.25) is 0 Å². The number of nitrogens with zero attached hydrogens (tertiary/aromatic N) is 1. The highest BCUT2D eigenvalue weighted by Gasteiger charge is 2.27. The first kappa shape index (κ1) is 14.1. The summed E-state index contributed by atoms with van der Waals surface area (Å²) in [5.41, 5.74) is 1.13. The minimum atomic E-state index is -0.704. The van der Waals surface area contributed by atoms with E-state index in [4.69, 9.17) is 0 Å². The van der Waals surface area contributed by atoms with Crippen molar-refractivity contribution in [3.05, 3.63) is 48.0 Å². The van der Waals surface area contributed by atoms with Crippen LogP contribution >= 0.6 is 0 Å². The first-order chi connectivity index (χ1) is 10.3. The van der Waals surface area contributed by atoms with E-state index < -0.39 is 12.0 Å². The van der Waals surface area contributed by atoms with E-state index in [1.165, 1.54) is 17.2 Å². The van der Waals surface area contributed by atoms with Crippen LogP contribution in [0, 0.1) is 0 Å². The lowest BCUT2D eigenvalue weighted by atomic mass is 9.97. The number of carboxylic acid groups (broad SMARTS) is 1. The number of aliphatic carboxylic acids is 1. The molecular formula is C18H21NO2. The molecule has 2 aromatic carbocycles. The predicted octanol–water partition coefficient (Wildman–Crippen LogP) is 3.32. The van der Waals surface area contributed by atoms with Crippen LogP contribution in [0.25, 0.3) is 10.8 Å². The molecule has 1 saturated heterocycles. The average molecular weight is 283 g/mol. The van der Waals surface area contributed by atoms with Gasteiger partial charge in [-0.05, 0) is 48.7 Å². The fraction of sp³-hybridized carbons (Fsp3) is 0.389. The predicted molar refractivity (Wildman–Crippen MR) is 84.5 cm³/mol. The number of likely N-dealkylation sites (tertiary alicyclic amines) is 1. The molecule has 3 heteroatoms. The molecule has 3 nitrogen and oxygen atoms in total. The van der Waals surface area contributed by atoms with Crippen molar-refractivity contribution in [1.82, 2.24) is 4.90 Å². The Morgan fingerprint density at radius 3 is 2.52 bits per heavy atom. The fourth-order valence-electron chi connectivity index (χ4n) is 3.28. The maximum Gasteiger partial charge on any atom is 0.321 e. The highest BCUT2D eigenvalue weighted by atomic mass is 16.4. The zero-order valence-electron chi connectivity index (χ0n) is 12.2. The lowest BCUT2D eigenvalue weighted by Crippen LogP contribution is -2.45. The molecule has 0 saturated carbocycles. The van der Waals surface area contributed by atoms with Crippen LogP contribution in [0.3, 0.4) is 0 Å². The molecule has 110 valence electrons. The Morgan fingerprint density at radius 1 is 1.05 bits per heavy atom. The zero-order chi connectivity index (χ0) is 14.7. The molecule has 1 unspecified atom stereocenters. The molecule has 1 heterocycles. The van der Waals surface area contributed by atoms with Crippen LogP contribution in [0.15, 0.2) is 42.5 Å². The summed E-state index contributed by atoms with van der Waals surface area (Å²) in [6.07, 6.45) is 4.02. The topological polar surface area (TPSA) is 40.5 Å². The molecule has 0 spiro atoms. The van der Waals surface area contributed by atoms with Crippen LogP contribution in [-0.2, 0) is 11.2 Å². The van der Waals surface area contributed by atoms with E-state index in [2.05, 4.69) is 29.2 Å². The summed E-state index contributed by atoms with van der Waals surface area (Å²) in [5.74, 6) is -0.704. The Bertz CT molecular complexity index is 627. The Morgan fingerprint density at radius 2 is 1.76 bits per heavy atom. The third-order valence-corrected chi connectivity index (χ3v) is 4.41. The number of carbonyl (C=O) groups is 1. The molecule has 1 aliphatic rings. The normalized spacial score (nSPS) is 17.7. The summed E-state index contributed by atoms with van der Waals surface area (Å²) in [6, 6.07) is 13.9. The molecule has 3 rings (SSSR count). The van der Waals surface area contributed by atoms with Crippen molar-refractivity contribution in [2.24, 2.45) is 0 Å². The summed E-state index contributed by atoms with van der Waals surface area (Å²) in [7, 11) is 0. The van der Waals surface area contributed by atoms with Crippen molar-refractivity contribution in [2.45, 2.75) is 31.7 Å². The number of hydrogen-bond acceptors (Lipinski definition) is 2. The molecule has 1 fully saturated rings. The van der Waals surface area contributed by atoms with E-state index in [0.717, 1.165) is 31.5 Å². The Labute approximate surface area is 125 Å². The SMILES string of the molecule is O=C(O)C(Cc1cccc2ccccc12)N1CCCCC1. The van der Waals surface area contributed by atoms with Gasteiger partial charge >= 0.3 is 5.97 Å². The molecule has 1 atom stereocenters. The number of fused-ring (bicyclic) bond motifs is 1. The van der Waals surface area contributed by atoms with Gasteiger partial charge in [0, 0.05) is 0 Å². The van der Waals surface area contributed by atoms with Gasteiger partial charge in [0.05, 0.1) is 0 Å². The molecule has 21 heavy (non-hydrogen) atoms. The van der Waals surface area contributed by atoms with E-state index in [1.54, 1.807) is 0 Å². The van der Waals surface area contributed by atoms with E-state index in [-0.39, 0.29) is 0 Å². The quantitative estimate of drug-likeness (QED) is 0.935. The third kappa shape index (κ3) is 3.08. The maximum atomic E-state index is 11.7. The van der Waals surface area contributed by atoms with Gasteiger partial charge in [0.15, 0.2) is 0 Å². The monoisotopic (exact) mass is 283 g/mol. The lowest BCUT2D eigenvalue weighted by molar-refractivity contribution is -0.143. The second kappa shape index (κ2) is 6.27. The van der Waals surface area contributed by atoms with Crippen LogP contribution in [0.1, 0.15) is 24.8 Å². The van der Waals surface area contributed by atoms with Crippen molar-refractivity contribution in [3.8, 4) is 0 Å². The largest absolute Gasteiger partial charge is 0.480 e. The number of rotatable bonds is 4. The molecule has 0 aliphatic carbocycles. The van der Waals surface area contributed by atoms with E-state index in [1.807, 2.05) is 18.2 Å². The van der Waals surface area contributed by atoms with Gasteiger partial charge in [0.1, 0.15) is 6.04 Å². The molecule has 0 amide bonds. The van der Waals surface area contributed by atoms with E-state index in [9.17, 15) is 9.90 Å². The van der Waals surface area contributed by atoms with Crippen LogP contribution in [0.4, 0.5) is 0 Å². The molecule has 0 bridgehead atoms. The van der Waals surface area contributed by atoms with Gasteiger partial charge in [-0.2, -0.15) is 0 Å². The number of hydrogen-bond donors (Lipinski definition) is 1. The van der Waals surface area contributed by atoms with Crippen molar-refractivity contribution < 1.29 is 9.90 Å². The van der Waals surface area contributed by atoms with Gasteiger partial charge < -0.3 is 5.11 Å². The Kier molecular flexibility index (Phi) is 4.20. The standard InChI is InChI=1S/C18H21NO2/c20-18(21)17(19-11-4-1-5-12-19)13-15-9-6-8-14-7-2-3-10-16(14)15/h2-3,6-10,17H,1,4-5,11-13H2,(H,20,21). The average Bonchev–Trinajstić information content (AvgIpc) is 2.53. The van der Waals surface area contributed by atoms with E-state index >= 15 is 0 Å². The zero-order valence-corrected chi connectivity index (χ0v) is 12.2. The minimum Gasteiger partial charge on any atom is -0.480 e. The van der Waals surface area contributed by atoms with Gasteiger partial charge in [-0.15, -0.1) is 0 Å². The van der Waals surface area contributed by atoms with Gasteiger partial charge in [-0.3, -0.25) is 9.69 Å². The molecule has 0 aromatic heterocycles. The summed E-state index contributed by atoms with van der Waals surface area (Å²) in [5, 5.41) is 12.0. The second-order valence-corrected chi connectivity index (χ2v) is 5.79. The van der Waals surface area contributed by atoms with Crippen LogP contribution in [-0.4, -0.2) is 35.1 Å². The molecule has 1 N–H and O–H groups in total. The summed E-state index contributed by atoms with van der Waals surface area (Å²) >= 11 is 0.